The summed E-state index contributed by atoms with van der Waals surface area (Å²) in [5, 5.41) is 7.37. The molecule has 0 aliphatic carbocycles. The molecule has 16 heavy (non-hydrogen) atoms. The highest BCUT2D eigenvalue weighted by Crippen LogP contribution is 2.21. The zero-order valence-electron chi connectivity index (χ0n) is 9.81. The van der Waals surface area contributed by atoms with E-state index < -0.39 is 0 Å². The average Bonchev–Trinajstić information content (AvgIpc) is 2.75. The van der Waals surface area contributed by atoms with Gasteiger partial charge in [-0.2, -0.15) is 5.10 Å². The van der Waals surface area contributed by atoms with Crippen LogP contribution in [-0.2, 0) is 7.05 Å². The van der Waals surface area contributed by atoms with Gasteiger partial charge in [0.2, 0.25) is 0 Å². The lowest BCUT2D eigenvalue weighted by molar-refractivity contribution is 0.650. The normalized spacial score (nSPS) is 12.7. The molecule has 2 heterocycles. The minimum absolute atomic E-state index is 0.309. The van der Waals surface area contributed by atoms with Crippen LogP contribution in [0.1, 0.15) is 18.5 Å². The maximum absolute atomic E-state index is 4.26. The summed E-state index contributed by atoms with van der Waals surface area (Å²) in [6, 6.07) is 2.45. The second-order valence-corrected chi connectivity index (χ2v) is 3.92. The molecule has 0 amide bonds. The van der Waals surface area contributed by atoms with Crippen LogP contribution in [-0.4, -0.2) is 21.8 Å². The molecule has 0 radical (unpaired) electrons. The molecule has 1 N–H and O–H groups in total. The van der Waals surface area contributed by atoms with Crippen molar-refractivity contribution in [1.29, 1.82) is 0 Å². The molecule has 0 bridgehead atoms. The van der Waals surface area contributed by atoms with Crippen LogP contribution >= 0.6 is 0 Å². The Bertz CT molecular complexity index is 475. The number of aromatic nitrogens is 3. The van der Waals surface area contributed by atoms with Gasteiger partial charge in [-0.25, -0.2) is 0 Å². The summed E-state index contributed by atoms with van der Waals surface area (Å²) in [6.07, 6.45) is 7.60. The van der Waals surface area contributed by atoms with E-state index in [1.54, 1.807) is 4.68 Å². The maximum atomic E-state index is 4.26. The monoisotopic (exact) mass is 216 g/mol. The van der Waals surface area contributed by atoms with Gasteiger partial charge in [0, 0.05) is 42.8 Å². The summed E-state index contributed by atoms with van der Waals surface area (Å²) in [6.45, 7) is 2.12. The molecule has 84 valence electrons. The van der Waals surface area contributed by atoms with Gasteiger partial charge in [-0.3, -0.25) is 9.67 Å². The Morgan fingerprint density at radius 2 is 2.06 bits per heavy atom. The molecule has 4 nitrogen and oxygen atoms in total. The van der Waals surface area contributed by atoms with Gasteiger partial charge in [0.05, 0.1) is 6.20 Å². The van der Waals surface area contributed by atoms with Gasteiger partial charge in [0.25, 0.3) is 0 Å². The molecule has 0 saturated carbocycles. The van der Waals surface area contributed by atoms with Crippen molar-refractivity contribution in [3.63, 3.8) is 0 Å². The number of hydrogen-bond acceptors (Lipinski definition) is 3. The van der Waals surface area contributed by atoms with Crippen molar-refractivity contribution in [3.8, 4) is 11.1 Å². The fraction of sp³-hybridized carbons (Fsp3) is 0.333. The van der Waals surface area contributed by atoms with E-state index in [0.29, 0.717) is 6.04 Å². The third-order valence-electron chi connectivity index (χ3n) is 2.73. The van der Waals surface area contributed by atoms with Crippen molar-refractivity contribution in [1.82, 2.24) is 20.1 Å². The minimum atomic E-state index is 0.309. The Hall–Kier alpha value is -1.68. The number of rotatable bonds is 3. The first-order valence-corrected chi connectivity index (χ1v) is 5.32. The minimum Gasteiger partial charge on any atom is -0.313 e. The van der Waals surface area contributed by atoms with Gasteiger partial charge in [-0.05, 0) is 25.6 Å². The molecule has 2 rings (SSSR count). The van der Waals surface area contributed by atoms with Crippen molar-refractivity contribution in [2.75, 3.05) is 7.05 Å². The van der Waals surface area contributed by atoms with Crippen LogP contribution in [0.25, 0.3) is 11.1 Å². The van der Waals surface area contributed by atoms with Crippen molar-refractivity contribution in [2.24, 2.45) is 7.05 Å². The Labute approximate surface area is 95.3 Å². The molecule has 0 spiro atoms. The molecular weight excluding hydrogens is 200 g/mol. The smallest absolute Gasteiger partial charge is 0.0568 e. The zero-order valence-corrected chi connectivity index (χ0v) is 9.81. The molecule has 1 unspecified atom stereocenters. The van der Waals surface area contributed by atoms with E-state index in [0.717, 1.165) is 11.1 Å². The predicted molar refractivity (Wildman–Crippen MR) is 63.9 cm³/mol. The maximum Gasteiger partial charge on any atom is 0.0568 e. The quantitative estimate of drug-likeness (QED) is 0.850. The van der Waals surface area contributed by atoms with E-state index >= 15 is 0 Å². The SMILES string of the molecule is CNC(C)c1cncc(-c2cnn(C)c2)c1. The van der Waals surface area contributed by atoms with Crippen LogP contribution in [0.4, 0.5) is 0 Å². The van der Waals surface area contributed by atoms with Gasteiger partial charge in [-0.1, -0.05) is 0 Å². The lowest BCUT2D eigenvalue weighted by Crippen LogP contribution is -2.12. The second-order valence-electron chi connectivity index (χ2n) is 3.92. The molecule has 4 heteroatoms. The molecular formula is C12H16N4. The summed E-state index contributed by atoms with van der Waals surface area (Å²) >= 11 is 0. The molecule has 0 fully saturated rings. The summed E-state index contributed by atoms with van der Waals surface area (Å²) in [5.41, 5.74) is 3.39. The van der Waals surface area contributed by atoms with E-state index in [2.05, 4.69) is 28.4 Å². The second kappa shape index (κ2) is 4.45. The highest BCUT2D eigenvalue weighted by molar-refractivity contribution is 5.61. The van der Waals surface area contributed by atoms with Crippen molar-refractivity contribution >= 4 is 0 Å². The average molecular weight is 216 g/mol. The van der Waals surface area contributed by atoms with Crippen LogP contribution in [0.2, 0.25) is 0 Å². The highest BCUT2D eigenvalue weighted by atomic mass is 15.2. The standard InChI is InChI=1S/C12H16N4/c1-9(13-2)10-4-11(6-14-5-10)12-7-15-16(3)8-12/h4-9,13H,1-3H3. The number of aryl methyl sites for hydroxylation is 1. The third kappa shape index (κ3) is 2.12. The van der Waals surface area contributed by atoms with Crippen molar-refractivity contribution in [2.45, 2.75) is 13.0 Å². The first-order chi connectivity index (χ1) is 7.70. The summed E-state index contributed by atoms with van der Waals surface area (Å²) < 4.78 is 1.80. The van der Waals surface area contributed by atoms with E-state index in [1.807, 2.05) is 38.9 Å². The third-order valence-corrected chi connectivity index (χ3v) is 2.73. The Kier molecular flexibility index (Phi) is 3.01. The van der Waals surface area contributed by atoms with Crippen LogP contribution in [0.3, 0.4) is 0 Å². The molecule has 1 atom stereocenters. The van der Waals surface area contributed by atoms with Crippen LogP contribution in [0.5, 0.6) is 0 Å². The summed E-state index contributed by atoms with van der Waals surface area (Å²) in [7, 11) is 3.86. The molecule has 0 aliphatic rings. The van der Waals surface area contributed by atoms with E-state index in [-0.39, 0.29) is 0 Å². The Balaban J connectivity index is 2.36. The molecule has 0 saturated heterocycles. The van der Waals surface area contributed by atoms with Gasteiger partial charge < -0.3 is 5.32 Å². The topological polar surface area (TPSA) is 42.7 Å². The summed E-state index contributed by atoms with van der Waals surface area (Å²) in [5.74, 6) is 0. The van der Waals surface area contributed by atoms with Gasteiger partial charge >= 0.3 is 0 Å². The van der Waals surface area contributed by atoms with Crippen molar-refractivity contribution < 1.29 is 0 Å². The lowest BCUT2D eigenvalue weighted by Gasteiger charge is -2.10. The van der Waals surface area contributed by atoms with Gasteiger partial charge in [0.1, 0.15) is 0 Å². The van der Waals surface area contributed by atoms with Crippen LogP contribution in [0, 0.1) is 0 Å². The van der Waals surface area contributed by atoms with Crippen molar-refractivity contribution in [3.05, 3.63) is 36.4 Å². The fourth-order valence-electron chi connectivity index (χ4n) is 1.59. The predicted octanol–water partition coefficient (Wildman–Crippen LogP) is 1.76. The molecule has 2 aromatic rings. The van der Waals surface area contributed by atoms with Gasteiger partial charge in [0.15, 0.2) is 0 Å². The summed E-state index contributed by atoms with van der Waals surface area (Å²) in [4.78, 5) is 4.26. The number of nitrogens with zero attached hydrogens (tertiary/aromatic N) is 3. The lowest BCUT2D eigenvalue weighted by atomic mass is 10.1. The molecule has 0 aromatic carbocycles. The Morgan fingerprint density at radius 1 is 1.25 bits per heavy atom. The largest absolute Gasteiger partial charge is 0.313 e. The number of nitrogens with one attached hydrogen (secondary N) is 1. The first-order valence-electron chi connectivity index (χ1n) is 5.32. The fourth-order valence-corrected chi connectivity index (χ4v) is 1.59. The molecule has 0 aliphatic heterocycles. The first kappa shape index (κ1) is 10.8. The van der Waals surface area contributed by atoms with E-state index in [9.17, 15) is 0 Å². The van der Waals surface area contributed by atoms with E-state index in [4.69, 9.17) is 0 Å². The highest BCUT2D eigenvalue weighted by Gasteiger charge is 2.06. The Morgan fingerprint density at radius 3 is 2.69 bits per heavy atom. The van der Waals surface area contributed by atoms with Crippen LogP contribution < -0.4 is 5.32 Å². The van der Waals surface area contributed by atoms with Crippen LogP contribution in [0.15, 0.2) is 30.9 Å². The number of hydrogen-bond donors (Lipinski definition) is 1. The number of pyridine rings is 1. The molecule has 2 aromatic heterocycles. The van der Waals surface area contributed by atoms with E-state index in [1.165, 1.54) is 5.56 Å². The zero-order chi connectivity index (χ0) is 11.5. The van der Waals surface area contributed by atoms with Gasteiger partial charge in [-0.15, -0.1) is 0 Å².